The molecule has 0 N–H and O–H groups in total. The molecule has 1 aliphatic rings. The molecule has 0 bridgehead atoms. The van der Waals surface area contributed by atoms with Crippen LogP contribution in [-0.2, 0) is 9.59 Å². The van der Waals surface area contributed by atoms with Crippen LogP contribution in [0.2, 0.25) is 0 Å². The summed E-state index contributed by atoms with van der Waals surface area (Å²) in [6.07, 6.45) is 0.825. The molecule has 90 valence electrons. The van der Waals surface area contributed by atoms with Crippen LogP contribution in [-0.4, -0.2) is 25.3 Å². The molecule has 0 spiro atoms. The predicted octanol–water partition coefficient (Wildman–Crippen LogP) is 1.64. The standard InChI is InChI=1S/C13H15NO3/c1-13(2)11(8-15)14(12(13)16)9-4-6-10(17-3)7-5-9/h4-8,11H,1-3H3/t11-/m0/s1. The van der Waals surface area contributed by atoms with Crippen LogP contribution in [0, 0.1) is 5.41 Å². The molecule has 0 unspecified atom stereocenters. The first-order valence-electron chi connectivity index (χ1n) is 5.45. The molecule has 2 rings (SSSR count). The van der Waals surface area contributed by atoms with Crippen LogP contribution < -0.4 is 9.64 Å². The van der Waals surface area contributed by atoms with E-state index in [9.17, 15) is 9.59 Å². The summed E-state index contributed by atoms with van der Waals surface area (Å²) < 4.78 is 5.05. The minimum absolute atomic E-state index is 0.0280. The first kappa shape index (κ1) is 11.6. The Morgan fingerprint density at radius 1 is 1.29 bits per heavy atom. The largest absolute Gasteiger partial charge is 0.497 e. The van der Waals surface area contributed by atoms with Gasteiger partial charge in [0.15, 0.2) is 0 Å². The first-order valence-corrected chi connectivity index (χ1v) is 5.45. The molecule has 1 amide bonds. The van der Waals surface area contributed by atoms with Crippen LogP contribution in [0.1, 0.15) is 13.8 Å². The second-order valence-electron chi connectivity index (χ2n) is 4.68. The number of β-lactam (4-membered cyclic amide) rings is 1. The van der Waals surface area contributed by atoms with Crippen molar-refractivity contribution in [1.29, 1.82) is 0 Å². The monoisotopic (exact) mass is 233 g/mol. The Hall–Kier alpha value is -1.84. The van der Waals surface area contributed by atoms with Crippen LogP contribution in [0.15, 0.2) is 24.3 Å². The molecule has 1 aliphatic heterocycles. The van der Waals surface area contributed by atoms with Gasteiger partial charge in [0.2, 0.25) is 5.91 Å². The Balaban J connectivity index is 2.28. The van der Waals surface area contributed by atoms with Gasteiger partial charge < -0.3 is 14.4 Å². The number of nitrogens with zero attached hydrogens (tertiary/aromatic N) is 1. The van der Waals surface area contributed by atoms with E-state index in [0.717, 1.165) is 17.7 Å². The predicted molar refractivity (Wildman–Crippen MR) is 64.1 cm³/mol. The van der Waals surface area contributed by atoms with E-state index in [0.29, 0.717) is 0 Å². The van der Waals surface area contributed by atoms with Gasteiger partial charge in [-0.05, 0) is 38.1 Å². The van der Waals surface area contributed by atoms with Crippen LogP contribution >= 0.6 is 0 Å². The van der Waals surface area contributed by atoms with E-state index in [2.05, 4.69) is 0 Å². The second-order valence-corrected chi connectivity index (χ2v) is 4.68. The summed E-state index contributed by atoms with van der Waals surface area (Å²) in [5.41, 5.74) is 0.133. The Labute approximate surface area is 100 Å². The van der Waals surface area contributed by atoms with Gasteiger partial charge in [0.25, 0.3) is 0 Å². The number of carbonyl (C=O) groups excluding carboxylic acids is 2. The lowest BCUT2D eigenvalue weighted by Gasteiger charge is -2.50. The number of ether oxygens (including phenoxy) is 1. The normalized spacial score (nSPS) is 21.9. The maximum atomic E-state index is 11.9. The highest BCUT2D eigenvalue weighted by Crippen LogP contribution is 2.41. The van der Waals surface area contributed by atoms with Crippen LogP contribution in [0.3, 0.4) is 0 Å². The van der Waals surface area contributed by atoms with Crippen molar-refractivity contribution < 1.29 is 14.3 Å². The molecule has 1 fully saturated rings. The van der Waals surface area contributed by atoms with Crippen molar-refractivity contribution in [1.82, 2.24) is 0 Å². The molecular weight excluding hydrogens is 218 g/mol. The first-order chi connectivity index (χ1) is 8.02. The summed E-state index contributed by atoms with van der Waals surface area (Å²) in [5.74, 6) is 0.698. The average molecular weight is 233 g/mol. The lowest BCUT2D eigenvalue weighted by atomic mass is 9.74. The van der Waals surface area contributed by atoms with Crippen molar-refractivity contribution in [2.75, 3.05) is 12.0 Å². The average Bonchev–Trinajstić information content (AvgIpc) is 2.35. The molecule has 0 saturated carbocycles. The van der Waals surface area contributed by atoms with Gasteiger partial charge in [-0.1, -0.05) is 0 Å². The number of aldehydes is 1. The maximum absolute atomic E-state index is 11.9. The summed E-state index contributed by atoms with van der Waals surface area (Å²) in [7, 11) is 1.58. The molecular formula is C13H15NO3. The summed E-state index contributed by atoms with van der Waals surface area (Å²) in [5, 5.41) is 0. The van der Waals surface area contributed by atoms with Gasteiger partial charge in [-0.25, -0.2) is 0 Å². The molecule has 4 heteroatoms. The van der Waals surface area contributed by atoms with E-state index >= 15 is 0 Å². The molecule has 1 heterocycles. The minimum atomic E-state index is -0.596. The Bertz CT molecular complexity index is 450. The molecule has 0 aliphatic carbocycles. The molecule has 1 aromatic rings. The van der Waals surface area contributed by atoms with Crippen molar-refractivity contribution in [3.05, 3.63) is 24.3 Å². The van der Waals surface area contributed by atoms with Gasteiger partial charge in [0.1, 0.15) is 18.1 Å². The van der Waals surface area contributed by atoms with Crippen LogP contribution in [0.5, 0.6) is 5.75 Å². The molecule has 0 radical (unpaired) electrons. The van der Waals surface area contributed by atoms with Crippen LogP contribution in [0.25, 0.3) is 0 Å². The van der Waals surface area contributed by atoms with E-state index in [-0.39, 0.29) is 11.9 Å². The van der Waals surface area contributed by atoms with Gasteiger partial charge in [-0.2, -0.15) is 0 Å². The summed E-state index contributed by atoms with van der Waals surface area (Å²) in [4.78, 5) is 24.5. The number of amides is 1. The van der Waals surface area contributed by atoms with Gasteiger partial charge in [-0.3, -0.25) is 4.79 Å². The van der Waals surface area contributed by atoms with Gasteiger partial charge in [0.05, 0.1) is 12.5 Å². The Morgan fingerprint density at radius 3 is 2.35 bits per heavy atom. The lowest BCUT2D eigenvalue weighted by Crippen LogP contribution is -2.67. The van der Waals surface area contributed by atoms with Gasteiger partial charge in [0, 0.05) is 5.69 Å². The fraction of sp³-hybridized carbons (Fsp3) is 0.385. The van der Waals surface area contributed by atoms with Crippen molar-refractivity contribution >= 4 is 17.9 Å². The smallest absolute Gasteiger partial charge is 0.235 e. The third-order valence-electron chi connectivity index (χ3n) is 3.27. The molecule has 1 aromatic carbocycles. The molecule has 1 saturated heterocycles. The van der Waals surface area contributed by atoms with Crippen molar-refractivity contribution in [2.45, 2.75) is 19.9 Å². The van der Waals surface area contributed by atoms with Gasteiger partial charge in [-0.15, -0.1) is 0 Å². The number of rotatable bonds is 3. The highest BCUT2D eigenvalue weighted by Gasteiger charge is 2.54. The number of carbonyl (C=O) groups is 2. The van der Waals surface area contributed by atoms with Gasteiger partial charge >= 0.3 is 0 Å². The fourth-order valence-electron chi connectivity index (χ4n) is 2.07. The second kappa shape index (κ2) is 3.87. The molecule has 17 heavy (non-hydrogen) atoms. The SMILES string of the molecule is COc1ccc(N2C(=O)C(C)(C)[C@@H]2C=O)cc1. The number of hydrogen-bond acceptors (Lipinski definition) is 3. The highest BCUT2D eigenvalue weighted by atomic mass is 16.5. The summed E-state index contributed by atoms with van der Waals surface area (Å²) in [6, 6.07) is 6.72. The number of anilines is 1. The van der Waals surface area contributed by atoms with Crippen LogP contribution in [0.4, 0.5) is 5.69 Å². The third kappa shape index (κ3) is 1.60. The molecule has 4 nitrogen and oxygen atoms in total. The molecule has 0 aromatic heterocycles. The van der Waals surface area contributed by atoms with E-state index in [1.54, 1.807) is 45.2 Å². The molecule has 1 atom stereocenters. The topological polar surface area (TPSA) is 46.6 Å². The fourth-order valence-corrected chi connectivity index (χ4v) is 2.07. The van der Waals surface area contributed by atoms with E-state index in [1.165, 1.54) is 4.90 Å². The zero-order chi connectivity index (χ0) is 12.6. The third-order valence-corrected chi connectivity index (χ3v) is 3.27. The van der Waals surface area contributed by atoms with E-state index in [4.69, 9.17) is 4.74 Å². The zero-order valence-corrected chi connectivity index (χ0v) is 10.1. The highest BCUT2D eigenvalue weighted by molar-refractivity contribution is 6.10. The van der Waals surface area contributed by atoms with Crippen molar-refractivity contribution in [3.8, 4) is 5.75 Å². The number of benzene rings is 1. The van der Waals surface area contributed by atoms with Crippen molar-refractivity contribution in [3.63, 3.8) is 0 Å². The Morgan fingerprint density at radius 2 is 1.88 bits per heavy atom. The quantitative estimate of drug-likeness (QED) is 0.589. The number of methoxy groups -OCH3 is 1. The number of hydrogen-bond donors (Lipinski definition) is 0. The zero-order valence-electron chi connectivity index (χ0n) is 10.1. The lowest BCUT2D eigenvalue weighted by molar-refractivity contribution is -0.140. The minimum Gasteiger partial charge on any atom is -0.497 e. The Kier molecular flexibility index (Phi) is 2.65. The van der Waals surface area contributed by atoms with E-state index < -0.39 is 5.41 Å². The summed E-state index contributed by atoms with van der Waals surface area (Å²) in [6.45, 7) is 3.57. The van der Waals surface area contributed by atoms with Crippen molar-refractivity contribution in [2.24, 2.45) is 5.41 Å². The summed E-state index contributed by atoms with van der Waals surface area (Å²) >= 11 is 0. The maximum Gasteiger partial charge on any atom is 0.235 e. The van der Waals surface area contributed by atoms with E-state index in [1.807, 2.05) is 0 Å².